The summed E-state index contributed by atoms with van der Waals surface area (Å²) in [5, 5.41) is 3.78. The van der Waals surface area contributed by atoms with Crippen molar-refractivity contribution in [2.75, 3.05) is 25.4 Å². The molecule has 2 atom stereocenters. The smallest absolute Gasteiger partial charge is 0.180 e. The maximum atomic E-state index is 13.6. The molecule has 182 valence electrons. The summed E-state index contributed by atoms with van der Waals surface area (Å²) < 4.78 is 13.6. The van der Waals surface area contributed by atoms with Crippen LogP contribution in [0.1, 0.15) is 31.2 Å². The third kappa shape index (κ3) is 6.39. The molecule has 1 saturated heterocycles. The van der Waals surface area contributed by atoms with E-state index in [4.69, 9.17) is 34.7 Å². The van der Waals surface area contributed by atoms with Crippen molar-refractivity contribution in [1.29, 1.82) is 0 Å². The van der Waals surface area contributed by atoms with E-state index in [1.165, 1.54) is 11.3 Å². The number of benzene rings is 2. The van der Waals surface area contributed by atoms with Gasteiger partial charge in [-0.25, -0.2) is 4.98 Å². The number of rotatable bonds is 9. The molecule has 2 heterocycles. The molecule has 0 aliphatic carbocycles. The molecule has 3 aromatic rings. The van der Waals surface area contributed by atoms with Crippen LogP contribution >= 0.6 is 34.5 Å². The molecule has 0 radical (unpaired) electrons. The minimum absolute atomic E-state index is 0.108. The van der Waals surface area contributed by atoms with Crippen LogP contribution in [-0.4, -0.2) is 39.0 Å². The van der Waals surface area contributed by atoms with E-state index in [1.807, 2.05) is 47.8 Å². The molecular formula is C25H30Cl2N4OS2. The van der Waals surface area contributed by atoms with Gasteiger partial charge in [0, 0.05) is 27.6 Å². The normalized spacial score (nSPS) is 17.0. The fourth-order valence-corrected chi connectivity index (χ4v) is 7.22. The van der Waals surface area contributed by atoms with Crippen LogP contribution in [-0.2, 0) is 17.3 Å². The molecule has 1 aromatic heterocycles. The van der Waals surface area contributed by atoms with Gasteiger partial charge in [-0.05, 0) is 81.1 Å². The molecule has 2 unspecified atom stereocenters. The predicted octanol–water partition coefficient (Wildman–Crippen LogP) is 5.83. The summed E-state index contributed by atoms with van der Waals surface area (Å²) in [5.41, 5.74) is 14.6. The van der Waals surface area contributed by atoms with Crippen LogP contribution in [0.25, 0.3) is 11.3 Å². The second-order valence-corrected chi connectivity index (χ2v) is 12.1. The Morgan fingerprint density at radius 2 is 1.85 bits per heavy atom. The first kappa shape index (κ1) is 25.6. The third-order valence-electron chi connectivity index (χ3n) is 6.42. The maximum Gasteiger partial charge on any atom is 0.180 e. The van der Waals surface area contributed by atoms with E-state index in [0.29, 0.717) is 27.6 Å². The van der Waals surface area contributed by atoms with Gasteiger partial charge < -0.3 is 11.5 Å². The van der Waals surface area contributed by atoms with Crippen molar-refractivity contribution in [1.82, 2.24) is 9.88 Å². The quantitative estimate of drug-likeness (QED) is 0.359. The van der Waals surface area contributed by atoms with Crippen LogP contribution in [0.3, 0.4) is 0 Å². The van der Waals surface area contributed by atoms with E-state index in [-0.39, 0.29) is 5.25 Å². The van der Waals surface area contributed by atoms with Crippen molar-refractivity contribution in [3.63, 3.8) is 0 Å². The van der Waals surface area contributed by atoms with Crippen molar-refractivity contribution in [3.05, 3.63) is 63.5 Å². The topological polar surface area (TPSA) is 85.2 Å². The fourth-order valence-electron chi connectivity index (χ4n) is 4.57. The summed E-state index contributed by atoms with van der Waals surface area (Å²) in [7, 11) is -1.08. The van der Waals surface area contributed by atoms with Gasteiger partial charge in [0.25, 0.3) is 0 Å². The highest BCUT2D eigenvalue weighted by atomic mass is 35.5. The van der Waals surface area contributed by atoms with Crippen LogP contribution < -0.4 is 11.5 Å². The standard InChI is InChI=1S/C25H30Cl2N4OS2/c26-21-8-3-17(14-22(21)27)15-31-12-9-19(10-13-31)24(2-1-11-28)34(32)20-6-4-18(5-7-20)23-16-33-25(29)30-23/h3-8,14,16,19,24H,1-2,9-13,15,28H2,(H2,29,30). The number of nitrogens with two attached hydrogens (primary N) is 2. The first-order valence-electron chi connectivity index (χ1n) is 11.5. The molecule has 2 aromatic carbocycles. The second kappa shape index (κ2) is 12.0. The lowest BCUT2D eigenvalue weighted by atomic mass is 9.90. The summed E-state index contributed by atoms with van der Waals surface area (Å²) in [5.74, 6) is 0.412. The Morgan fingerprint density at radius 3 is 2.47 bits per heavy atom. The van der Waals surface area contributed by atoms with Gasteiger partial charge in [0.2, 0.25) is 0 Å². The lowest BCUT2D eigenvalue weighted by Crippen LogP contribution is -2.39. The second-order valence-electron chi connectivity index (χ2n) is 8.72. The Bertz CT molecular complexity index is 1110. The number of hydrogen-bond acceptors (Lipinski definition) is 6. The minimum Gasteiger partial charge on any atom is -0.375 e. The highest BCUT2D eigenvalue weighted by Gasteiger charge is 2.31. The predicted molar refractivity (Wildman–Crippen MR) is 145 cm³/mol. The van der Waals surface area contributed by atoms with Gasteiger partial charge in [-0.2, -0.15) is 0 Å². The number of hydrogen-bond donors (Lipinski definition) is 2. The highest BCUT2D eigenvalue weighted by molar-refractivity contribution is 7.85. The SMILES string of the molecule is NCCCC(C1CCN(Cc2ccc(Cl)c(Cl)c2)CC1)S(=O)c1ccc(-c2csc(N)n2)cc1. The van der Waals surface area contributed by atoms with Gasteiger partial charge in [0.15, 0.2) is 5.13 Å². The maximum absolute atomic E-state index is 13.6. The average molecular weight is 538 g/mol. The van der Waals surface area contributed by atoms with Crippen LogP contribution in [0.2, 0.25) is 10.0 Å². The molecule has 1 fully saturated rings. The van der Waals surface area contributed by atoms with Gasteiger partial charge in [-0.3, -0.25) is 9.11 Å². The van der Waals surface area contributed by atoms with Crippen LogP contribution in [0.4, 0.5) is 5.13 Å². The van der Waals surface area contributed by atoms with E-state index in [1.54, 1.807) is 0 Å². The zero-order valence-corrected chi connectivity index (χ0v) is 22.1. The zero-order chi connectivity index (χ0) is 24.1. The van der Waals surface area contributed by atoms with Gasteiger partial charge >= 0.3 is 0 Å². The van der Waals surface area contributed by atoms with E-state index in [0.717, 1.165) is 67.0 Å². The number of anilines is 1. The van der Waals surface area contributed by atoms with E-state index >= 15 is 0 Å². The largest absolute Gasteiger partial charge is 0.375 e. The zero-order valence-electron chi connectivity index (χ0n) is 19.0. The molecule has 0 bridgehead atoms. The van der Waals surface area contributed by atoms with Gasteiger partial charge in [0.05, 0.1) is 26.5 Å². The number of nitrogens with zero attached hydrogens (tertiary/aromatic N) is 2. The average Bonchev–Trinajstić information content (AvgIpc) is 3.29. The number of aromatic nitrogens is 1. The molecule has 4 N–H and O–H groups in total. The van der Waals surface area contributed by atoms with Crippen LogP contribution in [0, 0.1) is 5.92 Å². The number of likely N-dealkylation sites (tertiary alicyclic amines) is 1. The summed E-state index contributed by atoms with van der Waals surface area (Å²) >= 11 is 13.7. The van der Waals surface area contributed by atoms with Crippen molar-refractivity contribution in [3.8, 4) is 11.3 Å². The Balaban J connectivity index is 1.40. The molecule has 1 aliphatic heterocycles. The summed E-state index contributed by atoms with van der Waals surface area (Å²) in [6, 6.07) is 13.7. The number of thiazole rings is 1. The van der Waals surface area contributed by atoms with Crippen molar-refractivity contribution >= 4 is 50.5 Å². The van der Waals surface area contributed by atoms with Crippen LogP contribution in [0.15, 0.2) is 52.7 Å². The molecule has 34 heavy (non-hydrogen) atoms. The molecule has 9 heteroatoms. The first-order chi connectivity index (χ1) is 16.4. The Labute approximate surface area is 217 Å². The van der Waals surface area contributed by atoms with Crippen LogP contribution in [0.5, 0.6) is 0 Å². The molecule has 1 aliphatic rings. The van der Waals surface area contributed by atoms with Crippen molar-refractivity contribution in [2.24, 2.45) is 11.7 Å². The highest BCUT2D eigenvalue weighted by Crippen LogP contribution is 2.32. The first-order valence-corrected chi connectivity index (χ1v) is 14.4. The Morgan fingerprint density at radius 1 is 1.12 bits per heavy atom. The van der Waals surface area contributed by atoms with Gasteiger partial charge in [-0.1, -0.05) is 41.4 Å². The molecule has 0 spiro atoms. The fraction of sp³-hybridized carbons (Fsp3) is 0.400. The lowest BCUT2D eigenvalue weighted by molar-refractivity contribution is 0.173. The number of piperidine rings is 1. The number of halogens is 2. The monoisotopic (exact) mass is 536 g/mol. The molecule has 4 rings (SSSR count). The van der Waals surface area contributed by atoms with Crippen molar-refractivity contribution in [2.45, 2.75) is 42.4 Å². The minimum atomic E-state index is -1.08. The summed E-state index contributed by atoms with van der Waals surface area (Å²) in [4.78, 5) is 7.64. The molecular weight excluding hydrogens is 507 g/mol. The molecule has 0 amide bonds. The van der Waals surface area contributed by atoms with E-state index in [9.17, 15) is 4.21 Å². The van der Waals surface area contributed by atoms with E-state index in [2.05, 4.69) is 9.88 Å². The van der Waals surface area contributed by atoms with Gasteiger partial charge in [-0.15, -0.1) is 11.3 Å². The third-order valence-corrected chi connectivity index (χ3v) is 9.74. The van der Waals surface area contributed by atoms with E-state index < -0.39 is 10.8 Å². The number of nitrogen functional groups attached to an aromatic ring is 1. The summed E-state index contributed by atoms with van der Waals surface area (Å²) in [6.07, 6.45) is 3.82. The Kier molecular flexibility index (Phi) is 9.02. The summed E-state index contributed by atoms with van der Waals surface area (Å²) in [6.45, 7) is 3.42. The lowest BCUT2D eigenvalue weighted by Gasteiger charge is -2.36. The molecule has 0 saturated carbocycles. The molecule has 5 nitrogen and oxygen atoms in total. The van der Waals surface area contributed by atoms with Gasteiger partial charge in [0.1, 0.15) is 0 Å². The van der Waals surface area contributed by atoms with Crippen molar-refractivity contribution < 1.29 is 4.21 Å². The Hall–Kier alpha value is -1.48.